The first-order valence-electron chi connectivity index (χ1n) is 34.4. The highest BCUT2D eigenvalue weighted by Gasteiger charge is 2.19. The lowest BCUT2D eigenvalue weighted by atomic mass is 10.0. The third-order valence-electron chi connectivity index (χ3n) is 15.2. The van der Waals surface area contributed by atoms with Crippen LogP contribution in [-0.4, -0.2) is 37.2 Å². The van der Waals surface area contributed by atoms with Crippen molar-refractivity contribution < 1.29 is 28.6 Å². The molecular weight excluding hydrogens is 973 g/mol. The lowest BCUT2D eigenvalue weighted by molar-refractivity contribution is -0.167. The van der Waals surface area contributed by atoms with Gasteiger partial charge in [0.2, 0.25) is 0 Å². The molecular formula is C73H130O6. The molecule has 0 saturated carbocycles. The van der Waals surface area contributed by atoms with E-state index in [1.54, 1.807) is 0 Å². The largest absolute Gasteiger partial charge is 0.462 e. The maximum absolute atomic E-state index is 12.9. The number of unbranched alkanes of at least 4 members (excludes halogenated alkanes) is 40. The van der Waals surface area contributed by atoms with E-state index in [2.05, 4.69) is 93.7 Å². The van der Waals surface area contributed by atoms with Gasteiger partial charge < -0.3 is 14.2 Å². The summed E-state index contributed by atoms with van der Waals surface area (Å²) < 4.78 is 16.9. The fourth-order valence-corrected chi connectivity index (χ4v) is 10.1. The van der Waals surface area contributed by atoms with E-state index in [0.717, 1.165) is 122 Å². The Balaban J connectivity index is 4.10. The molecule has 79 heavy (non-hydrogen) atoms. The number of hydrogen-bond donors (Lipinski definition) is 0. The van der Waals surface area contributed by atoms with Crippen LogP contribution in [0.4, 0.5) is 0 Å². The number of rotatable bonds is 63. The van der Waals surface area contributed by atoms with Crippen LogP contribution in [0.2, 0.25) is 0 Å². The van der Waals surface area contributed by atoms with Crippen LogP contribution < -0.4 is 0 Å². The third kappa shape index (κ3) is 65.5. The highest BCUT2D eigenvalue weighted by atomic mass is 16.6. The van der Waals surface area contributed by atoms with Crippen LogP contribution in [0.3, 0.4) is 0 Å². The van der Waals surface area contributed by atoms with Crippen LogP contribution in [0.25, 0.3) is 0 Å². The Morgan fingerprint density at radius 2 is 0.494 bits per heavy atom. The van der Waals surface area contributed by atoms with E-state index in [0.29, 0.717) is 19.3 Å². The molecule has 1 atom stereocenters. The lowest BCUT2D eigenvalue weighted by Gasteiger charge is -2.18. The molecule has 6 heteroatoms. The topological polar surface area (TPSA) is 78.9 Å². The van der Waals surface area contributed by atoms with Gasteiger partial charge in [-0.05, 0) is 83.5 Å². The van der Waals surface area contributed by atoms with Gasteiger partial charge in [0.05, 0.1) is 0 Å². The Hall–Kier alpha value is -3.15. The number of ether oxygens (including phenoxy) is 3. The number of allylic oxidation sites excluding steroid dienone is 12. The molecule has 0 aromatic heterocycles. The van der Waals surface area contributed by atoms with E-state index in [9.17, 15) is 14.4 Å². The molecule has 0 radical (unpaired) electrons. The maximum Gasteiger partial charge on any atom is 0.306 e. The Labute approximate surface area is 491 Å². The summed E-state index contributed by atoms with van der Waals surface area (Å²) in [7, 11) is 0. The predicted octanol–water partition coefficient (Wildman–Crippen LogP) is 23.7. The first-order valence-corrected chi connectivity index (χ1v) is 34.4. The quantitative estimate of drug-likeness (QED) is 0.0261. The van der Waals surface area contributed by atoms with Crippen molar-refractivity contribution in [2.75, 3.05) is 13.2 Å². The summed E-state index contributed by atoms with van der Waals surface area (Å²) in [6, 6.07) is 0. The van der Waals surface area contributed by atoms with E-state index >= 15 is 0 Å². The van der Waals surface area contributed by atoms with Gasteiger partial charge in [0.15, 0.2) is 6.10 Å². The zero-order valence-electron chi connectivity index (χ0n) is 52.6. The minimum atomic E-state index is -0.796. The van der Waals surface area contributed by atoms with Gasteiger partial charge in [0.1, 0.15) is 13.2 Å². The Kier molecular flexibility index (Phi) is 64.7. The molecule has 0 aliphatic carbocycles. The Morgan fingerprint density at radius 1 is 0.266 bits per heavy atom. The summed E-state index contributed by atoms with van der Waals surface area (Å²) in [5.74, 6) is -0.923. The average molecular weight is 1100 g/mol. The summed E-state index contributed by atoms with van der Waals surface area (Å²) in [4.78, 5) is 38.3. The van der Waals surface area contributed by atoms with Crippen molar-refractivity contribution in [1.82, 2.24) is 0 Å². The normalized spacial score (nSPS) is 12.5. The molecule has 0 amide bonds. The van der Waals surface area contributed by atoms with Crippen molar-refractivity contribution in [3.63, 3.8) is 0 Å². The fourth-order valence-electron chi connectivity index (χ4n) is 10.1. The molecule has 0 N–H and O–H groups in total. The summed E-state index contributed by atoms with van der Waals surface area (Å²) in [5.41, 5.74) is 0. The second-order valence-electron chi connectivity index (χ2n) is 23.0. The van der Waals surface area contributed by atoms with Gasteiger partial charge in [-0.3, -0.25) is 14.4 Å². The number of carbonyl (C=O) groups is 3. The standard InChI is InChI=1S/C73H130O6/c1-4-7-10-13-16-19-22-25-27-28-29-30-31-32-33-34-35-36-37-38-39-40-41-42-43-44-46-48-51-54-57-60-63-66-72(75)78-69-70(68-77-71(74)65-62-59-56-53-50-47-24-21-18-15-12-9-6-3)79-73(76)67-64-61-58-55-52-49-45-26-23-20-17-14-11-8-5-2/h8-9,11-12,17-18,20-21,26,45,47,50,70H,4-7,10,13-16,19,22-25,27-44,46,48-49,51-69H2,1-3H3/b11-8-,12-9-,20-17-,21-18-,45-26-,50-47-. The summed E-state index contributed by atoms with van der Waals surface area (Å²) in [6.45, 7) is 6.42. The van der Waals surface area contributed by atoms with E-state index < -0.39 is 6.10 Å². The van der Waals surface area contributed by atoms with Crippen molar-refractivity contribution in [3.05, 3.63) is 72.9 Å². The van der Waals surface area contributed by atoms with Crippen LogP contribution in [0.5, 0.6) is 0 Å². The van der Waals surface area contributed by atoms with Crippen LogP contribution in [0.1, 0.15) is 355 Å². The smallest absolute Gasteiger partial charge is 0.306 e. The highest BCUT2D eigenvalue weighted by Crippen LogP contribution is 2.18. The van der Waals surface area contributed by atoms with Crippen molar-refractivity contribution >= 4 is 17.9 Å². The number of esters is 3. The first kappa shape index (κ1) is 75.8. The minimum Gasteiger partial charge on any atom is -0.462 e. The van der Waals surface area contributed by atoms with Gasteiger partial charge in [0, 0.05) is 19.3 Å². The molecule has 0 bridgehead atoms. The summed E-state index contributed by atoms with van der Waals surface area (Å²) in [6.07, 6.45) is 88.2. The summed E-state index contributed by atoms with van der Waals surface area (Å²) >= 11 is 0. The zero-order chi connectivity index (χ0) is 57.1. The lowest BCUT2D eigenvalue weighted by Crippen LogP contribution is -2.30. The molecule has 1 unspecified atom stereocenters. The minimum absolute atomic E-state index is 0.0896. The second kappa shape index (κ2) is 67.4. The van der Waals surface area contributed by atoms with Gasteiger partial charge in [-0.25, -0.2) is 0 Å². The molecule has 0 rings (SSSR count). The van der Waals surface area contributed by atoms with Gasteiger partial charge in [-0.1, -0.05) is 325 Å². The molecule has 0 saturated heterocycles. The third-order valence-corrected chi connectivity index (χ3v) is 15.2. The van der Waals surface area contributed by atoms with Crippen molar-refractivity contribution in [2.45, 2.75) is 361 Å². The average Bonchev–Trinajstić information content (AvgIpc) is 3.45. The Bertz CT molecular complexity index is 1450. The van der Waals surface area contributed by atoms with Gasteiger partial charge >= 0.3 is 17.9 Å². The van der Waals surface area contributed by atoms with E-state index in [1.165, 1.54) is 193 Å². The monoisotopic (exact) mass is 1100 g/mol. The van der Waals surface area contributed by atoms with Crippen LogP contribution in [0, 0.1) is 0 Å². The second-order valence-corrected chi connectivity index (χ2v) is 23.0. The molecule has 0 heterocycles. The van der Waals surface area contributed by atoms with E-state index in [4.69, 9.17) is 14.2 Å². The van der Waals surface area contributed by atoms with Gasteiger partial charge in [-0.15, -0.1) is 0 Å². The van der Waals surface area contributed by atoms with Crippen LogP contribution in [0.15, 0.2) is 72.9 Å². The van der Waals surface area contributed by atoms with Crippen LogP contribution in [-0.2, 0) is 28.6 Å². The number of carbonyl (C=O) groups excluding carboxylic acids is 3. The molecule has 0 spiro atoms. The SMILES string of the molecule is CC/C=C\C/C=C\C/C=C\CCCCCCCC(=O)OC(COC(=O)CCCCC/C=C\C/C=C\C/C=C\CC)COC(=O)CCCCCCCCCCCCCCCCCCCCCCCCCCCCCCCCCCC. The zero-order valence-corrected chi connectivity index (χ0v) is 52.6. The van der Waals surface area contributed by atoms with Gasteiger partial charge in [-0.2, -0.15) is 0 Å². The van der Waals surface area contributed by atoms with Crippen molar-refractivity contribution in [3.8, 4) is 0 Å². The van der Waals surface area contributed by atoms with Crippen molar-refractivity contribution in [1.29, 1.82) is 0 Å². The molecule has 0 aromatic rings. The van der Waals surface area contributed by atoms with Crippen molar-refractivity contribution in [2.24, 2.45) is 0 Å². The highest BCUT2D eigenvalue weighted by molar-refractivity contribution is 5.71. The molecule has 0 aromatic carbocycles. The summed E-state index contributed by atoms with van der Waals surface area (Å²) in [5, 5.41) is 0. The van der Waals surface area contributed by atoms with E-state index in [1.807, 2.05) is 0 Å². The molecule has 0 fully saturated rings. The van der Waals surface area contributed by atoms with Crippen LogP contribution >= 0.6 is 0 Å². The molecule has 0 aliphatic heterocycles. The van der Waals surface area contributed by atoms with Gasteiger partial charge in [0.25, 0.3) is 0 Å². The Morgan fingerprint density at radius 3 is 0.785 bits per heavy atom. The fraction of sp³-hybridized carbons (Fsp3) is 0.795. The number of hydrogen-bond acceptors (Lipinski definition) is 6. The first-order chi connectivity index (χ1) is 39.0. The molecule has 0 aliphatic rings. The maximum atomic E-state index is 12.9. The van der Waals surface area contributed by atoms with E-state index in [-0.39, 0.29) is 31.1 Å². The predicted molar refractivity (Wildman–Crippen MR) is 344 cm³/mol. The molecule has 458 valence electrons. The molecule has 6 nitrogen and oxygen atoms in total.